The second kappa shape index (κ2) is 47.5. The molecule has 0 saturated carbocycles. The topological polar surface area (TPSA) is 155 Å². The number of esters is 5. The zero-order valence-corrected chi connectivity index (χ0v) is 41.9. The molecule has 0 heterocycles. The van der Waals surface area contributed by atoms with Crippen molar-refractivity contribution in [2.75, 3.05) is 59.3 Å². The van der Waals surface area contributed by atoms with Gasteiger partial charge in [0.05, 0.1) is 32.2 Å². The van der Waals surface area contributed by atoms with Gasteiger partial charge in [0, 0.05) is 51.2 Å². The first-order chi connectivity index (χ1) is 31.7. The van der Waals surface area contributed by atoms with Gasteiger partial charge in [-0.15, -0.1) is 6.58 Å². The molecular formula is C53H97NO11. The third-order valence-electron chi connectivity index (χ3n) is 11.8. The second-order valence-electron chi connectivity index (χ2n) is 18.1. The van der Waals surface area contributed by atoms with Crippen LogP contribution in [0.5, 0.6) is 0 Å². The van der Waals surface area contributed by atoms with Crippen molar-refractivity contribution < 1.29 is 52.8 Å². The minimum absolute atomic E-state index is 0.0405. The first kappa shape index (κ1) is 62.0. The first-order valence-corrected chi connectivity index (χ1v) is 26.4. The molecule has 0 radical (unpaired) electrons. The maximum Gasteiger partial charge on any atom is 0.307 e. The number of aliphatic hydroxyl groups is 1. The lowest BCUT2D eigenvalue weighted by molar-refractivity contribution is -0.155. The minimum atomic E-state index is -0.551. The highest BCUT2D eigenvalue weighted by atomic mass is 16.6. The molecule has 1 N–H and O–H groups in total. The summed E-state index contributed by atoms with van der Waals surface area (Å²) < 4.78 is 27.9. The number of hydrogen-bond donors (Lipinski definition) is 1. The normalized spacial score (nSPS) is 11.7. The number of unbranched alkanes of at least 4 members (excludes halogenated alkanes) is 22. The average molecular weight is 924 g/mol. The Bertz CT molecular complexity index is 1130. The molecule has 0 aliphatic carbocycles. The molecular weight excluding hydrogens is 827 g/mol. The predicted molar refractivity (Wildman–Crippen MR) is 260 cm³/mol. The van der Waals surface area contributed by atoms with Crippen LogP contribution in [-0.4, -0.2) is 99.1 Å². The molecule has 380 valence electrons. The summed E-state index contributed by atoms with van der Waals surface area (Å²) >= 11 is 0. The molecule has 0 aliphatic rings. The van der Waals surface area contributed by atoms with Gasteiger partial charge in [0.25, 0.3) is 0 Å². The van der Waals surface area contributed by atoms with Crippen LogP contribution in [0.3, 0.4) is 0 Å². The number of nitrogens with zero attached hydrogens (tertiary/aromatic N) is 1. The zero-order valence-electron chi connectivity index (χ0n) is 41.9. The fourth-order valence-corrected chi connectivity index (χ4v) is 7.56. The van der Waals surface area contributed by atoms with Crippen LogP contribution in [0.2, 0.25) is 0 Å². The maximum absolute atomic E-state index is 13.0. The predicted octanol–water partition coefficient (Wildman–Crippen LogP) is 12.0. The summed E-state index contributed by atoms with van der Waals surface area (Å²) in [4.78, 5) is 65.1. The Morgan fingerprint density at radius 3 is 1.03 bits per heavy atom. The molecule has 0 aliphatic heterocycles. The van der Waals surface area contributed by atoms with Crippen molar-refractivity contribution in [1.29, 1.82) is 0 Å². The molecule has 12 heteroatoms. The third kappa shape index (κ3) is 43.3. The Morgan fingerprint density at radius 2 is 0.708 bits per heavy atom. The van der Waals surface area contributed by atoms with Crippen LogP contribution >= 0.6 is 0 Å². The van der Waals surface area contributed by atoms with Gasteiger partial charge in [-0.05, 0) is 32.1 Å². The number of ether oxygens (including phenoxy) is 5. The van der Waals surface area contributed by atoms with Gasteiger partial charge in [-0.1, -0.05) is 168 Å². The van der Waals surface area contributed by atoms with Crippen molar-refractivity contribution >= 4 is 29.8 Å². The van der Waals surface area contributed by atoms with Crippen molar-refractivity contribution in [2.24, 2.45) is 11.8 Å². The Hall–Kier alpha value is -2.99. The lowest BCUT2D eigenvalue weighted by atomic mass is 10.0. The minimum Gasteiger partial charge on any atom is -0.465 e. The number of rotatable bonds is 49. The number of carbonyl (C=O) groups excluding carboxylic acids is 5. The van der Waals surface area contributed by atoms with E-state index in [4.69, 9.17) is 23.7 Å². The van der Waals surface area contributed by atoms with Gasteiger partial charge in [-0.2, -0.15) is 0 Å². The first-order valence-electron chi connectivity index (χ1n) is 26.4. The fourth-order valence-electron chi connectivity index (χ4n) is 7.56. The zero-order chi connectivity index (χ0) is 47.9. The van der Waals surface area contributed by atoms with Crippen molar-refractivity contribution in [3.05, 3.63) is 12.7 Å². The maximum atomic E-state index is 13.0. The third-order valence-corrected chi connectivity index (χ3v) is 11.8. The molecule has 0 spiro atoms. The van der Waals surface area contributed by atoms with Crippen molar-refractivity contribution in [3.8, 4) is 0 Å². The Balaban J connectivity index is 4.98. The summed E-state index contributed by atoms with van der Waals surface area (Å²) in [5, 5.41) is 9.33. The van der Waals surface area contributed by atoms with Gasteiger partial charge in [0.15, 0.2) is 0 Å². The Labute approximate surface area is 396 Å². The molecule has 1 atom stereocenters. The molecule has 0 amide bonds. The van der Waals surface area contributed by atoms with Crippen molar-refractivity contribution in [1.82, 2.24) is 4.90 Å². The largest absolute Gasteiger partial charge is 0.465 e. The van der Waals surface area contributed by atoms with E-state index in [-0.39, 0.29) is 76.3 Å². The summed E-state index contributed by atoms with van der Waals surface area (Å²) in [6, 6.07) is 0. The second-order valence-corrected chi connectivity index (χ2v) is 18.1. The van der Waals surface area contributed by atoms with E-state index >= 15 is 0 Å². The number of hydrogen-bond acceptors (Lipinski definition) is 12. The number of carbonyl (C=O) groups is 5. The van der Waals surface area contributed by atoms with E-state index in [2.05, 4.69) is 27.4 Å². The lowest BCUT2D eigenvalue weighted by Gasteiger charge is -2.20. The van der Waals surface area contributed by atoms with Gasteiger partial charge in [-0.3, -0.25) is 28.9 Å². The monoisotopic (exact) mass is 924 g/mol. The van der Waals surface area contributed by atoms with Crippen LogP contribution in [0.15, 0.2) is 12.7 Å². The van der Waals surface area contributed by atoms with E-state index in [1.165, 1.54) is 77.0 Å². The highest BCUT2D eigenvalue weighted by Crippen LogP contribution is 2.17. The highest BCUT2D eigenvalue weighted by Gasteiger charge is 2.20. The lowest BCUT2D eigenvalue weighted by Crippen LogP contribution is -2.31. The Kier molecular flexibility index (Phi) is 45.3. The van der Waals surface area contributed by atoms with Crippen molar-refractivity contribution in [2.45, 2.75) is 226 Å². The van der Waals surface area contributed by atoms with Gasteiger partial charge in [-0.25, -0.2) is 0 Å². The smallest absolute Gasteiger partial charge is 0.307 e. The molecule has 0 aromatic carbocycles. The molecule has 0 saturated heterocycles. The van der Waals surface area contributed by atoms with Gasteiger partial charge < -0.3 is 28.8 Å². The van der Waals surface area contributed by atoms with Crippen LogP contribution in [0.4, 0.5) is 0 Å². The highest BCUT2D eigenvalue weighted by molar-refractivity contribution is 5.71. The van der Waals surface area contributed by atoms with Crippen LogP contribution < -0.4 is 0 Å². The van der Waals surface area contributed by atoms with Gasteiger partial charge in [0.2, 0.25) is 0 Å². The summed E-state index contributed by atoms with van der Waals surface area (Å²) in [5.41, 5.74) is 0. The molecule has 65 heavy (non-hydrogen) atoms. The van der Waals surface area contributed by atoms with E-state index < -0.39 is 17.9 Å². The molecule has 1 unspecified atom stereocenters. The molecule has 0 aromatic rings. The van der Waals surface area contributed by atoms with E-state index in [0.717, 1.165) is 83.5 Å². The van der Waals surface area contributed by atoms with Gasteiger partial charge in [0.1, 0.15) is 19.8 Å². The van der Waals surface area contributed by atoms with Crippen LogP contribution in [0, 0.1) is 11.8 Å². The summed E-state index contributed by atoms with van der Waals surface area (Å²) in [6.45, 7) is 11.5. The van der Waals surface area contributed by atoms with E-state index in [0.29, 0.717) is 51.7 Å². The molecule has 0 fully saturated rings. The van der Waals surface area contributed by atoms with E-state index in [1.807, 2.05) is 4.90 Å². The Morgan fingerprint density at radius 1 is 0.415 bits per heavy atom. The summed E-state index contributed by atoms with van der Waals surface area (Å²) in [6.07, 6.45) is 32.7. The van der Waals surface area contributed by atoms with E-state index in [9.17, 15) is 29.1 Å². The molecule has 0 rings (SSSR count). The fraction of sp³-hybridized carbons (Fsp3) is 0.868. The standard InChI is InChI=1S/C53H97NO11/c1-5-9-12-15-16-17-18-19-20-21-22-23-24-27-30-35-51(58)63-44-48(46-65-53(60)37-39-54(38-8-4)40-41-55)45-64-52(59)36-31-32-47(42-61-49(56)33-28-25-13-10-6-2)43-62-50(57)34-29-26-14-11-7-3/h8,47-48,55H,4-7,9-46H2,1-3H3. The summed E-state index contributed by atoms with van der Waals surface area (Å²) in [5.74, 6) is -2.58. The quantitative estimate of drug-likeness (QED) is 0.0267. The average Bonchev–Trinajstić information content (AvgIpc) is 3.29. The van der Waals surface area contributed by atoms with Crippen molar-refractivity contribution in [3.63, 3.8) is 0 Å². The van der Waals surface area contributed by atoms with Crippen LogP contribution in [0.1, 0.15) is 226 Å². The molecule has 0 bridgehead atoms. The van der Waals surface area contributed by atoms with Crippen LogP contribution in [-0.2, 0) is 47.7 Å². The molecule has 12 nitrogen and oxygen atoms in total. The SMILES string of the molecule is C=CCN(CCO)CCC(=O)OCC(COC(=O)CCCCCCCCCCCCCCCCC)COC(=O)CCCC(COC(=O)CCCCCCC)COC(=O)CCCCCCC. The summed E-state index contributed by atoms with van der Waals surface area (Å²) in [7, 11) is 0. The molecule has 0 aromatic heterocycles. The van der Waals surface area contributed by atoms with Gasteiger partial charge >= 0.3 is 29.8 Å². The van der Waals surface area contributed by atoms with Crippen LogP contribution in [0.25, 0.3) is 0 Å². The van der Waals surface area contributed by atoms with E-state index in [1.54, 1.807) is 6.08 Å². The number of aliphatic hydroxyl groups excluding tert-OH is 1.